The minimum atomic E-state index is -0.704. The summed E-state index contributed by atoms with van der Waals surface area (Å²) in [4.78, 5) is 77.2. The van der Waals surface area contributed by atoms with Gasteiger partial charge in [0.1, 0.15) is 17.5 Å². The van der Waals surface area contributed by atoms with E-state index in [9.17, 15) is 28.8 Å². The van der Waals surface area contributed by atoms with Crippen molar-refractivity contribution in [1.29, 1.82) is 0 Å². The molecule has 0 aromatic heterocycles. The minimum absolute atomic E-state index is 0.0875. The average Bonchev–Trinajstić information content (AvgIpc) is 4.36. The summed E-state index contributed by atoms with van der Waals surface area (Å²) in [5.74, 6) is -1.08. The summed E-state index contributed by atoms with van der Waals surface area (Å²) in [5, 5.41) is 32.9. The first kappa shape index (κ1) is 59.7. The van der Waals surface area contributed by atoms with E-state index in [2.05, 4.69) is 75.0 Å². The molecule has 12 rings (SSSR count). The molecule has 6 saturated carbocycles. The topological polar surface area (TPSA) is 219 Å². The first-order valence-corrected chi connectivity index (χ1v) is 29.6. The molecular formula is C64H88N6O11. The Morgan fingerprint density at radius 3 is 1.30 bits per heavy atom. The lowest BCUT2D eigenvalue weighted by Crippen LogP contribution is -2.53. The first-order valence-electron chi connectivity index (χ1n) is 29.6. The van der Waals surface area contributed by atoms with Gasteiger partial charge in [-0.15, -0.1) is 0 Å². The highest BCUT2D eigenvalue weighted by Gasteiger charge is 2.55. The third-order valence-corrected chi connectivity index (χ3v) is 17.7. The molecule has 0 radical (unpaired) electrons. The van der Waals surface area contributed by atoms with Crippen molar-refractivity contribution in [2.24, 2.45) is 34.0 Å². The number of nitrogens with zero attached hydrogens (tertiary/aromatic N) is 4. The molecule has 17 nitrogen and oxygen atoms in total. The van der Waals surface area contributed by atoms with Gasteiger partial charge in [-0.3, -0.25) is 14.4 Å². The lowest BCUT2D eigenvalue weighted by molar-refractivity contribution is -0.148. The fourth-order valence-electron chi connectivity index (χ4n) is 11.7. The summed E-state index contributed by atoms with van der Waals surface area (Å²) in [5.41, 5.74) is 3.12. The van der Waals surface area contributed by atoms with Crippen LogP contribution in [0.2, 0.25) is 0 Å². The van der Waals surface area contributed by atoms with Crippen LogP contribution in [-0.4, -0.2) is 173 Å². The van der Waals surface area contributed by atoms with Crippen molar-refractivity contribution in [1.82, 2.24) is 30.2 Å². The number of hydrogen-bond acceptors (Lipinski definition) is 12. The predicted molar refractivity (Wildman–Crippen MR) is 307 cm³/mol. The molecule has 0 spiro atoms. The maximum atomic E-state index is 13.0. The highest BCUT2D eigenvalue weighted by Crippen LogP contribution is 2.53. The van der Waals surface area contributed by atoms with E-state index in [1.54, 1.807) is 4.90 Å². The van der Waals surface area contributed by atoms with Gasteiger partial charge in [0.05, 0.1) is 17.8 Å². The van der Waals surface area contributed by atoms with Crippen molar-refractivity contribution in [2.75, 3.05) is 72.0 Å². The molecule has 440 valence electrons. The Balaban J connectivity index is 0.000000139. The lowest BCUT2D eigenvalue weighted by Gasteiger charge is -2.40. The summed E-state index contributed by atoms with van der Waals surface area (Å²) in [6.45, 7) is 19.6. The SMILES string of the molecule is CC(C)(C)OC(=O)N(CC1(C=O)CC1)[C@H]1CC1c1ccccc1.CC(C)(C)OC(=O)N(CC1(CN2CC(C(=O)O)C2)CC1)[C@H]1CC1c1ccccc1.O=C(O)C1CN(CC2(CN[C@H]3CC3c3ccccc3)CC2)C1.O=C(O)C1CNC1. The fraction of sp³-hybridized carbons (Fsp3) is 0.625. The quantitative estimate of drug-likeness (QED) is 0.0670. The van der Waals surface area contributed by atoms with Crippen molar-refractivity contribution >= 4 is 36.4 Å². The van der Waals surface area contributed by atoms with Crippen LogP contribution in [0, 0.1) is 34.0 Å². The van der Waals surface area contributed by atoms with E-state index in [0.717, 1.165) is 77.5 Å². The number of likely N-dealkylation sites (tertiary alicyclic amines) is 2. The monoisotopic (exact) mass is 1120 g/mol. The van der Waals surface area contributed by atoms with Crippen LogP contribution in [0.4, 0.5) is 9.59 Å². The zero-order valence-electron chi connectivity index (χ0n) is 48.5. The van der Waals surface area contributed by atoms with Crippen LogP contribution in [0.15, 0.2) is 91.0 Å². The predicted octanol–water partition coefficient (Wildman–Crippen LogP) is 8.55. The number of carboxylic acid groups (broad SMARTS) is 3. The Kier molecular flexibility index (Phi) is 18.1. The standard InChI is InChI=1S/C23H32N2O4.C19H25NO3.C18H24N2O2.C4H7NO2/c1-22(2,3)29-21(28)25(19-11-18(19)16-7-5-4-6-8-16)15-23(9-10-23)14-24-12-17(13-24)20(26)27;1-18(2,3)23-17(22)20(12-19(13-21)9-10-19)16-11-15(16)14-7-5-4-6-8-14;21-17(22)14-9-20(10-14)12-18(6-7-18)11-19-16-8-15(16)13-4-2-1-3-5-13;6-4(7)3-1-5-2-3/h4-8,17-19H,9-15H2,1-3H3,(H,26,27);4-8,13,15-16H,9-12H2,1-3H3;1-5,14-16,19H,6-12H2,(H,21,22);3,5H,1-2H2,(H,6,7)/t18?,19-;2*15?,16-;/m000./s1. The summed E-state index contributed by atoms with van der Waals surface area (Å²) in [6, 6.07) is 32.4. The van der Waals surface area contributed by atoms with Crippen molar-refractivity contribution in [2.45, 2.75) is 146 Å². The van der Waals surface area contributed by atoms with Crippen molar-refractivity contribution in [3.05, 3.63) is 108 Å². The Hall–Kier alpha value is -5.88. The van der Waals surface area contributed by atoms with E-state index in [-0.39, 0.29) is 52.9 Å². The normalized spacial score (nSPS) is 26.1. The molecule has 17 heteroatoms. The van der Waals surface area contributed by atoms with Crippen LogP contribution in [0.25, 0.3) is 0 Å². The van der Waals surface area contributed by atoms with E-state index in [1.165, 1.54) is 36.0 Å². The van der Waals surface area contributed by atoms with Gasteiger partial charge in [0, 0.05) is 119 Å². The molecule has 6 aliphatic carbocycles. The molecule has 2 amide bonds. The second kappa shape index (κ2) is 24.5. The Morgan fingerprint density at radius 2 is 0.963 bits per heavy atom. The summed E-state index contributed by atoms with van der Waals surface area (Å²) >= 11 is 0. The molecule has 5 N–H and O–H groups in total. The number of aliphatic carboxylic acids is 3. The number of benzene rings is 3. The highest BCUT2D eigenvalue weighted by molar-refractivity contribution is 5.73. The molecule has 81 heavy (non-hydrogen) atoms. The first-order chi connectivity index (χ1) is 38.4. The molecule has 6 atom stereocenters. The number of amides is 2. The van der Waals surface area contributed by atoms with Gasteiger partial charge in [0.2, 0.25) is 0 Å². The number of carboxylic acids is 3. The number of rotatable bonds is 20. The number of ether oxygens (including phenoxy) is 2. The average molecular weight is 1120 g/mol. The Labute approximate surface area is 478 Å². The van der Waals surface area contributed by atoms with Gasteiger partial charge in [-0.1, -0.05) is 91.0 Å². The summed E-state index contributed by atoms with van der Waals surface area (Å²) < 4.78 is 11.3. The summed E-state index contributed by atoms with van der Waals surface area (Å²) in [6.07, 6.45) is 10.2. The molecule has 0 bridgehead atoms. The molecule has 9 fully saturated rings. The zero-order chi connectivity index (χ0) is 57.9. The van der Waals surface area contributed by atoms with Crippen molar-refractivity contribution in [3.8, 4) is 0 Å². The van der Waals surface area contributed by atoms with Crippen LogP contribution in [0.1, 0.15) is 134 Å². The van der Waals surface area contributed by atoms with E-state index >= 15 is 0 Å². The number of hydrogen-bond donors (Lipinski definition) is 5. The van der Waals surface area contributed by atoms with Gasteiger partial charge >= 0.3 is 30.1 Å². The molecule has 3 saturated heterocycles. The molecular weight excluding hydrogens is 1030 g/mol. The van der Waals surface area contributed by atoms with Gasteiger partial charge in [0.15, 0.2) is 0 Å². The number of carbonyl (C=O) groups excluding carboxylic acids is 3. The smallest absolute Gasteiger partial charge is 0.410 e. The van der Waals surface area contributed by atoms with Crippen LogP contribution >= 0.6 is 0 Å². The molecule has 9 aliphatic rings. The van der Waals surface area contributed by atoms with Crippen LogP contribution in [-0.2, 0) is 28.7 Å². The second-order valence-electron chi connectivity index (χ2n) is 27.2. The number of carbonyl (C=O) groups is 6. The van der Waals surface area contributed by atoms with Gasteiger partial charge in [0.25, 0.3) is 0 Å². The highest BCUT2D eigenvalue weighted by atomic mass is 16.6. The third kappa shape index (κ3) is 16.7. The van der Waals surface area contributed by atoms with Gasteiger partial charge in [-0.2, -0.15) is 0 Å². The van der Waals surface area contributed by atoms with Crippen molar-refractivity contribution in [3.63, 3.8) is 0 Å². The van der Waals surface area contributed by atoms with Gasteiger partial charge in [-0.25, -0.2) is 9.59 Å². The maximum Gasteiger partial charge on any atom is 0.410 e. The molecule has 3 aromatic carbocycles. The largest absolute Gasteiger partial charge is 0.481 e. The Bertz CT molecular complexity index is 2650. The van der Waals surface area contributed by atoms with Crippen LogP contribution < -0.4 is 10.6 Å². The van der Waals surface area contributed by atoms with E-state index in [4.69, 9.17) is 24.8 Å². The minimum Gasteiger partial charge on any atom is -0.481 e. The Morgan fingerprint density at radius 1 is 0.568 bits per heavy atom. The number of aldehydes is 1. The summed E-state index contributed by atoms with van der Waals surface area (Å²) in [7, 11) is 0. The molecule has 3 heterocycles. The zero-order valence-corrected chi connectivity index (χ0v) is 48.5. The molecule has 3 unspecified atom stereocenters. The molecule has 3 aliphatic heterocycles. The van der Waals surface area contributed by atoms with Crippen molar-refractivity contribution < 1.29 is 53.6 Å². The van der Waals surface area contributed by atoms with Gasteiger partial charge < -0.3 is 59.8 Å². The number of nitrogens with one attached hydrogen (secondary N) is 2. The van der Waals surface area contributed by atoms with Crippen LogP contribution in [0.3, 0.4) is 0 Å². The van der Waals surface area contributed by atoms with Crippen LogP contribution in [0.5, 0.6) is 0 Å². The van der Waals surface area contributed by atoms with E-state index < -0.39 is 29.1 Å². The fourth-order valence-corrected chi connectivity index (χ4v) is 11.7. The lowest BCUT2D eigenvalue weighted by atomic mass is 9.96. The molecule has 3 aromatic rings. The van der Waals surface area contributed by atoms with Gasteiger partial charge in [-0.05, 0) is 121 Å². The van der Waals surface area contributed by atoms with E-state index in [1.807, 2.05) is 82.8 Å². The third-order valence-electron chi connectivity index (χ3n) is 17.7. The second-order valence-corrected chi connectivity index (χ2v) is 27.2. The maximum absolute atomic E-state index is 13.0. The van der Waals surface area contributed by atoms with E-state index in [0.29, 0.717) is 68.5 Å².